The predicted molar refractivity (Wildman–Crippen MR) is 90.1 cm³/mol. The van der Waals surface area contributed by atoms with Crippen LogP contribution in [0.2, 0.25) is 0 Å². The van der Waals surface area contributed by atoms with Crippen LogP contribution in [0.1, 0.15) is 23.0 Å². The molecule has 2 amide bonds. The van der Waals surface area contributed by atoms with Gasteiger partial charge >= 0.3 is 6.09 Å². The molecule has 0 saturated carbocycles. The lowest BCUT2D eigenvalue weighted by Gasteiger charge is -2.31. The number of hydrogen-bond acceptors (Lipinski definition) is 5. The normalized spacial score (nSPS) is 17.3. The van der Waals surface area contributed by atoms with Crippen molar-refractivity contribution in [2.75, 3.05) is 6.26 Å². The molecule has 0 bridgehead atoms. The number of pyridine rings is 1. The third kappa shape index (κ3) is 3.00. The van der Waals surface area contributed by atoms with Crippen LogP contribution in [0.5, 0.6) is 0 Å². The minimum Gasteiger partial charge on any atom is -0.465 e. The monoisotopic (exact) mass is 360 g/mol. The highest BCUT2D eigenvalue weighted by Crippen LogP contribution is 2.31. The Labute approximate surface area is 144 Å². The first-order chi connectivity index (χ1) is 11.7. The van der Waals surface area contributed by atoms with Gasteiger partial charge in [-0.1, -0.05) is 30.3 Å². The molecule has 1 aliphatic heterocycles. The van der Waals surface area contributed by atoms with Crippen molar-refractivity contribution < 1.29 is 23.1 Å². The van der Waals surface area contributed by atoms with E-state index in [9.17, 15) is 23.1 Å². The summed E-state index contributed by atoms with van der Waals surface area (Å²) in [7, 11) is -3.75. The molecule has 130 valence electrons. The zero-order chi connectivity index (χ0) is 18.4. The van der Waals surface area contributed by atoms with Crippen LogP contribution in [-0.2, 0) is 16.3 Å². The van der Waals surface area contributed by atoms with Crippen LogP contribution in [0.15, 0.2) is 41.3 Å². The first-order valence-electron chi connectivity index (χ1n) is 7.56. The molecule has 1 atom stereocenters. The summed E-state index contributed by atoms with van der Waals surface area (Å²) < 4.78 is 24.5. The van der Waals surface area contributed by atoms with E-state index in [0.717, 1.165) is 11.8 Å². The van der Waals surface area contributed by atoms with Gasteiger partial charge in [-0.25, -0.2) is 18.1 Å². The van der Waals surface area contributed by atoms with E-state index in [1.807, 2.05) is 6.07 Å². The van der Waals surface area contributed by atoms with Gasteiger partial charge in [-0.3, -0.25) is 9.78 Å². The van der Waals surface area contributed by atoms with Gasteiger partial charge in [-0.05, 0) is 13.0 Å². The van der Waals surface area contributed by atoms with E-state index in [2.05, 4.69) is 4.98 Å². The van der Waals surface area contributed by atoms with Crippen molar-refractivity contribution in [2.45, 2.75) is 24.3 Å². The van der Waals surface area contributed by atoms with Crippen LogP contribution >= 0.6 is 0 Å². The fourth-order valence-electron chi connectivity index (χ4n) is 2.97. The van der Waals surface area contributed by atoms with E-state index < -0.39 is 27.9 Å². The van der Waals surface area contributed by atoms with Crippen LogP contribution in [-0.4, -0.2) is 47.7 Å². The van der Waals surface area contributed by atoms with Gasteiger partial charge in [-0.15, -0.1) is 0 Å². The molecule has 1 unspecified atom stereocenters. The Kier molecular flexibility index (Phi) is 4.08. The van der Waals surface area contributed by atoms with Crippen LogP contribution in [0.3, 0.4) is 0 Å². The molecule has 2 heterocycles. The molecule has 1 aromatic carbocycles. The number of benzene rings is 1. The lowest BCUT2D eigenvalue weighted by Crippen LogP contribution is -2.48. The second-order valence-electron chi connectivity index (χ2n) is 5.98. The van der Waals surface area contributed by atoms with Crippen molar-refractivity contribution in [3.8, 4) is 11.3 Å². The van der Waals surface area contributed by atoms with Crippen molar-refractivity contribution in [3.05, 3.63) is 47.7 Å². The number of aromatic nitrogens is 1. The van der Waals surface area contributed by atoms with Gasteiger partial charge in [0, 0.05) is 24.3 Å². The smallest absolute Gasteiger partial charge is 0.414 e. The molecule has 0 spiro atoms. The maximum atomic E-state index is 12.6. The molecule has 0 radical (unpaired) electrons. The summed E-state index contributed by atoms with van der Waals surface area (Å²) in [5.74, 6) is -0.853. The Balaban J connectivity index is 2.29. The Morgan fingerprint density at radius 1 is 1.28 bits per heavy atom. The van der Waals surface area contributed by atoms with Crippen molar-refractivity contribution in [1.29, 1.82) is 0 Å². The number of sulfone groups is 1. The number of imide groups is 1. The third-order valence-electron chi connectivity index (χ3n) is 4.10. The molecule has 2 aromatic rings. The highest BCUT2D eigenvalue weighted by molar-refractivity contribution is 7.90. The Morgan fingerprint density at radius 2 is 1.92 bits per heavy atom. The SMILES string of the molecule is CC1Cc2nc(-c3ccccc3)cc(S(C)(=O)=O)c2C(=O)N1C(=O)O. The number of carbonyl (C=O) groups is 2. The number of hydrogen-bond donors (Lipinski definition) is 1. The van der Waals surface area contributed by atoms with Crippen molar-refractivity contribution in [3.63, 3.8) is 0 Å². The van der Waals surface area contributed by atoms with Gasteiger partial charge in [0.1, 0.15) is 0 Å². The minimum atomic E-state index is -3.75. The standard InChI is InChI=1S/C17H16N2O5S/c1-10-8-13-15(16(20)19(10)17(21)22)14(25(2,23)24)9-12(18-13)11-6-4-3-5-7-11/h3-7,9-10H,8H2,1-2H3,(H,21,22). The largest absolute Gasteiger partial charge is 0.465 e. The number of carboxylic acid groups (broad SMARTS) is 1. The zero-order valence-electron chi connectivity index (χ0n) is 13.6. The molecule has 25 heavy (non-hydrogen) atoms. The number of amides is 2. The Hall–Kier alpha value is -2.74. The highest BCUT2D eigenvalue weighted by atomic mass is 32.2. The predicted octanol–water partition coefficient (Wildman–Crippen LogP) is 2.22. The first kappa shape index (κ1) is 17.1. The van der Waals surface area contributed by atoms with Gasteiger partial charge in [0.2, 0.25) is 0 Å². The van der Waals surface area contributed by atoms with Crippen LogP contribution in [0.25, 0.3) is 11.3 Å². The number of fused-ring (bicyclic) bond motifs is 1. The lowest BCUT2D eigenvalue weighted by atomic mass is 9.98. The molecule has 7 nitrogen and oxygen atoms in total. The molecule has 1 aromatic heterocycles. The Morgan fingerprint density at radius 3 is 2.48 bits per heavy atom. The molecule has 8 heteroatoms. The van der Waals surface area contributed by atoms with E-state index in [1.165, 1.54) is 6.07 Å². The topological polar surface area (TPSA) is 105 Å². The average Bonchev–Trinajstić information content (AvgIpc) is 2.53. The summed E-state index contributed by atoms with van der Waals surface area (Å²) in [6.07, 6.45) is -0.251. The zero-order valence-corrected chi connectivity index (χ0v) is 14.4. The van der Waals surface area contributed by atoms with Crippen LogP contribution < -0.4 is 0 Å². The van der Waals surface area contributed by atoms with Gasteiger partial charge in [0.25, 0.3) is 5.91 Å². The summed E-state index contributed by atoms with van der Waals surface area (Å²) in [5, 5.41) is 9.27. The van der Waals surface area contributed by atoms with Crippen LogP contribution in [0, 0.1) is 0 Å². The van der Waals surface area contributed by atoms with Crippen LogP contribution in [0.4, 0.5) is 4.79 Å². The summed E-state index contributed by atoms with van der Waals surface area (Å²) in [4.78, 5) is 28.9. The lowest BCUT2D eigenvalue weighted by molar-refractivity contribution is 0.0649. The molecule has 3 rings (SSSR count). The summed E-state index contributed by atoms with van der Waals surface area (Å²) >= 11 is 0. The molecule has 1 N–H and O–H groups in total. The second-order valence-corrected chi connectivity index (χ2v) is 7.96. The maximum Gasteiger partial charge on any atom is 0.414 e. The number of carbonyl (C=O) groups excluding carboxylic acids is 1. The molecule has 0 saturated heterocycles. The molecular weight excluding hydrogens is 344 g/mol. The maximum absolute atomic E-state index is 12.6. The minimum absolute atomic E-state index is 0.150. The number of rotatable bonds is 2. The van der Waals surface area contributed by atoms with E-state index in [0.29, 0.717) is 16.3 Å². The van der Waals surface area contributed by atoms with Gasteiger partial charge < -0.3 is 5.11 Å². The first-order valence-corrected chi connectivity index (χ1v) is 9.45. The Bertz CT molecular complexity index is 970. The summed E-state index contributed by atoms with van der Waals surface area (Å²) in [6, 6.07) is 9.72. The molecule has 1 aliphatic rings. The van der Waals surface area contributed by atoms with Crippen molar-refractivity contribution >= 4 is 21.8 Å². The molecule has 0 fully saturated rings. The summed E-state index contributed by atoms with van der Waals surface area (Å²) in [6.45, 7) is 1.59. The summed E-state index contributed by atoms with van der Waals surface area (Å²) in [5.41, 5.74) is 1.30. The fraction of sp³-hybridized carbons (Fsp3) is 0.235. The van der Waals surface area contributed by atoms with Crippen molar-refractivity contribution in [2.24, 2.45) is 0 Å². The van der Waals surface area contributed by atoms with E-state index in [-0.39, 0.29) is 16.9 Å². The highest BCUT2D eigenvalue weighted by Gasteiger charge is 2.38. The molecule has 0 aliphatic carbocycles. The van der Waals surface area contributed by atoms with Gasteiger partial charge in [-0.2, -0.15) is 0 Å². The number of nitrogens with zero attached hydrogens (tertiary/aromatic N) is 2. The van der Waals surface area contributed by atoms with E-state index in [4.69, 9.17) is 0 Å². The molecular formula is C17H16N2O5S. The van der Waals surface area contributed by atoms with E-state index >= 15 is 0 Å². The quantitative estimate of drug-likeness (QED) is 0.880. The fourth-order valence-corrected chi connectivity index (χ4v) is 3.87. The second kappa shape index (κ2) is 5.96. The third-order valence-corrected chi connectivity index (χ3v) is 5.22. The van der Waals surface area contributed by atoms with Crippen molar-refractivity contribution in [1.82, 2.24) is 9.88 Å². The van der Waals surface area contributed by atoms with Gasteiger partial charge in [0.05, 0.1) is 21.8 Å². The van der Waals surface area contributed by atoms with E-state index in [1.54, 1.807) is 31.2 Å². The average molecular weight is 360 g/mol. The van der Waals surface area contributed by atoms with Gasteiger partial charge in [0.15, 0.2) is 9.84 Å².